The molecule has 0 aliphatic rings. The summed E-state index contributed by atoms with van der Waals surface area (Å²) in [6, 6.07) is 15.6. The third kappa shape index (κ3) is 4.82. The molecule has 0 aliphatic heterocycles. The van der Waals surface area contributed by atoms with Gasteiger partial charge in [0.1, 0.15) is 5.75 Å². The van der Waals surface area contributed by atoms with Crippen LogP contribution in [0.2, 0.25) is 0 Å². The van der Waals surface area contributed by atoms with E-state index in [1.54, 1.807) is 42.5 Å². The molecule has 208 valence electrons. The van der Waals surface area contributed by atoms with E-state index in [0.29, 0.717) is 28.0 Å². The van der Waals surface area contributed by atoms with Crippen LogP contribution in [0.25, 0.3) is 21.9 Å². The first-order valence-corrected chi connectivity index (χ1v) is 12.2. The predicted octanol–water partition coefficient (Wildman–Crippen LogP) is 5.47. The van der Waals surface area contributed by atoms with Crippen molar-refractivity contribution in [1.29, 1.82) is 0 Å². The van der Waals surface area contributed by atoms with Gasteiger partial charge in [-0.1, -0.05) is 36.4 Å². The van der Waals surface area contributed by atoms with E-state index in [-0.39, 0.29) is 45.7 Å². The monoisotopic (exact) mass is 546 g/mol. The van der Waals surface area contributed by atoms with Crippen LogP contribution < -0.4 is 23.7 Å². The quantitative estimate of drug-likeness (QED) is 0.205. The predicted molar refractivity (Wildman–Crippen MR) is 150 cm³/mol. The molecule has 0 saturated heterocycles. The second-order valence-corrected chi connectivity index (χ2v) is 8.69. The topological polar surface area (TPSA) is 110 Å². The largest absolute Gasteiger partial charge is 0.507 e. The first-order valence-electron chi connectivity index (χ1n) is 12.2. The number of phenolic OH excluding ortho intramolecular Hbond substituents is 1. The van der Waals surface area contributed by atoms with Gasteiger partial charge in [-0.3, -0.25) is 4.79 Å². The lowest BCUT2D eigenvalue weighted by Gasteiger charge is -2.22. The maximum absolute atomic E-state index is 13.9. The van der Waals surface area contributed by atoms with E-state index in [0.717, 1.165) is 0 Å². The van der Waals surface area contributed by atoms with Crippen LogP contribution >= 0.6 is 0 Å². The Morgan fingerprint density at radius 1 is 0.700 bits per heavy atom. The summed E-state index contributed by atoms with van der Waals surface area (Å²) in [5.41, 5.74) is 1.13. The van der Waals surface area contributed by atoms with Crippen LogP contribution in [-0.4, -0.2) is 59.5 Å². The maximum atomic E-state index is 13.9. The standard InChI is InChI=1S/C31H30O9/c1-35-21-13-12-18(15-22(21)36-2)24-25-19(16-23(37-3)29(38-4)30(25)39-5)28(33)26(27(24)31(34)40-6)20(32)14-17-10-8-7-9-11-17/h7-13,15-16,33H,14H2,1-6H3. The van der Waals surface area contributed by atoms with E-state index in [4.69, 9.17) is 28.4 Å². The second-order valence-electron chi connectivity index (χ2n) is 8.69. The van der Waals surface area contributed by atoms with Crippen LogP contribution in [0.15, 0.2) is 54.6 Å². The number of methoxy groups -OCH3 is 6. The highest BCUT2D eigenvalue weighted by Gasteiger charge is 2.33. The third-order valence-corrected chi connectivity index (χ3v) is 6.62. The fraction of sp³-hybridized carbons (Fsp3) is 0.226. The number of fused-ring (bicyclic) bond motifs is 1. The zero-order valence-corrected chi connectivity index (χ0v) is 23.1. The lowest BCUT2D eigenvalue weighted by molar-refractivity contribution is 0.0597. The molecule has 1 N–H and O–H groups in total. The molecule has 0 unspecified atom stereocenters. The minimum atomic E-state index is -0.824. The van der Waals surface area contributed by atoms with E-state index in [1.807, 2.05) is 6.07 Å². The first kappa shape index (κ1) is 28.1. The average Bonchev–Trinajstić information content (AvgIpc) is 2.99. The number of esters is 1. The smallest absolute Gasteiger partial charge is 0.339 e. The molecular formula is C31H30O9. The van der Waals surface area contributed by atoms with Gasteiger partial charge in [0.25, 0.3) is 0 Å². The molecule has 0 saturated carbocycles. The molecule has 4 aromatic rings. The molecule has 0 spiro atoms. The minimum Gasteiger partial charge on any atom is -0.507 e. The van der Waals surface area contributed by atoms with Crippen molar-refractivity contribution < 1.29 is 43.1 Å². The Hall–Kier alpha value is -4.92. The Morgan fingerprint density at radius 2 is 1.35 bits per heavy atom. The number of rotatable bonds is 10. The summed E-state index contributed by atoms with van der Waals surface area (Å²) in [7, 11) is 8.52. The van der Waals surface area contributed by atoms with Crippen LogP contribution in [0.1, 0.15) is 26.3 Å². The number of hydrogen-bond acceptors (Lipinski definition) is 9. The number of ketones is 1. The van der Waals surface area contributed by atoms with E-state index >= 15 is 0 Å². The van der Waals surface area contributed by atoms with Crippen molar-refractivity contribution in [3.05, 3.63) is 71.3 Å². The lowest BCUT2D eigenvalue weighted by atomic mass is 9.85. The zero-order valence-electron chi connectivity index (χ0n) is 23.1. The van der Waals surface area contributed by atoms with Gasteiger partial charge in [0.15, 0.2) is 28.8 Å². The number of ether oxygens (including phenoxy) is 6. The van der Waals surface area contributed by atoms with Crippen LogP contribution in [0.3, 0.4) is 0 Å². The van der Waals surface area contributed by atoms with Crippen LogP contribution in [0, 0.1) is 0 Å². The number of carbonyl (C=O) groups excluding carboxylic acids is 2. The SMILES string of the molecule is COC(=O)c1c(C(=O)Cc2ccccc2)c(O)c2cc(OC)c(OC)c(OC)c2c1-c1ccc(OC)c(OC)c1. The van der Waals surface area contributed by atoms with Gasteiger partial charge in [-0.25, -0.2) is 4.79 Å². The molecule has 4 rings (SSSR count). The number of aromatic hydroxyl groups is 1. The normalized spacial score (nSPS) is 10.7. The molecule has 0 radical (unpaired) electrons. The van der Waals surface area contributed by atoms with Crippen LogP contribution in [-0.2, 0) is 11.2 Å². The summed E-state index contributed by atoms with van der Waals surface area (Å²) in [5.74, 6) is -0.208. The molecule has 0 heterocycles. The molecule has 40 heavy (non-hydrogen) atoms. The summed E-state index contributed by atoms with van der Waals surface area (Å²) in [5, 5.41) is 12.2. The van der Waals surface area contributed by atoms with Gasteiger partial charge in [0.05, 0.1) is 53.8 Å². The van der Waals surface area contributed by atoms with Crippen LogP contribution in [0.4, 0.5) is 0 Å². The van der Waals surface area contributed by atoms with Crippen molar-refractivity contribution in [2.45, 2.75) is 6.42 Å². The summed E-state index contributed by atoms with van der Waals surface area (Å²) in [6.45, 7) is 0. The van der Waals surface area contributed by atoms with Crippen molar-refractivity contribution in [2.75, 3.05) is 42.7 Å². The summed E-state index contributed by atoms with van der Waals surface area (Å²) in [4.78, 5) is 27.4. The fourth-order valence-corrected chi connectivity index (χ4v) is 4.82. The molecule has 4 aromatic carbocycles. The zero-order chi connectivity index (χ0) is 29.0. The Morgan fingerprint density at radius 3 is 1.93 bits per heavy atom. The number of hydrogen-bond donors (Lipinski definition) is 1. The lowest BCUT2D eigenvalue weighted by Crippen LogP contribution is -2.15. The van der Waals surface area contributed by atoms with Gasteiger partial charge >= 0.3 is 5.97 Å². The Labute approximate surface area is 231 Å². The van der Waals surface area contributed by atoms with Crippen molar-refractivity contribution in [2.24, 2.45) is 0 Å². The number of phenols is 1. The van der Waals surface area contributed by atoms with Gasteiger partial charge in [0, 0.05) is 22.8 Å². The van der Waals surface area contributed by atoms with Gasteiger partial charge in [-0.2, -0.15) is 0 Å². The van der Waals surface area contributed by atoms with Crippen molar-refractivity contribution in [3.8, 4) is 45.6 Å². The molecular weight excluding hydrogens is 516 g/mol. The Kier molecular flexibility index (Phi) is 8.33. The van der Waals surface area contributed by atoms with Gasteiger partial charge in [0.2, 0.25) is 5.75 Å². The molecule has 9 nitrogen and oxygen atoms in total. The maximum Gasteiger partial charge on any atom is 0.339 e. The highest BCUT2D eigenvalue weighted by molar-refractivity contribution is 6.21. The van der Waals surface area contributed by atoms with E-state index in [9.17, 15) is 14.7 Å². The minimum absolute atomic E-state index is 0.0697. The van der Waals surface area contributed by atoms with Crippen molar-refractivity contribution >= 4 is 22.5 Å². The van der Waals surface area contributed by atoms with Gasteiger partial charge < -0.3 is 33.5 Å². The third-order valence-electron chi connectivity index (χ3n) is 6.62. The molecule has 0 aliphatic carbocycles. The average molecular weight is 547 g/mol. The molecule has 0 atom stereocenters. The van der Waals surface area contributed by atoms with Crippen LogP contribution in [0.5, 0.6) is 34.5 Å². The Balaban J connectivity index is 2.23. The highest BCUT2D eigenvalue weighted by atomic mass is 16.5. The molecule has 0 fully saturated rings. The number of carbonyl (C=O) groups is 2. The molecule has 0 aromatic heterocycles. The van der Waals surface area contributed by atoms with E-state index < -0.39 is 17.5 Å². The summed E-state index contributed by atoms with van der Waals surface area (Å²) in [6.07, 6.45) is -0.0697. The van der Waals surface area contributed by atoms with Gasteiger partial charge in [-0.05, 0) is 29.3 Å². The van der Waals surface area contributed by atoms with Crippen molar-refractivity contribution in [1.82, 2.24) is 0 Å². The Bertz CT molecular complexity index is 1580. The number of Topliss-reactive ketones (excluding diaryl/α,β-unsaturated/α-hetero) is 1. The molecule has 9 heteroatoms. The summed E-state index contributed by atoms with van der Waals surface area (Å²) < 4.78 is 33.0. The van der Waals surface area contributed by atoms with Gasteiger partial charge in [-0.15, -0.1) is 0 Å². The fourth-order valence-electron chi connectivity index (χ4n) is 4.82. The second kappa shape index (κ2) is 11.9. The molecule has 0 bridgehead atoms. The van der Waals surface area contributed by atoms with E-state index in [1.165, 1.54) is 48.7 Å². The van der Waals surface area contributed by atoms with Crippen molar-refractivity contribution in [3.63, 3.8) is 0 Å². The number of benzene rings is 4. The first-order chi connectivity index (χ1) is 19.3. The summed E-state index contributed by atoms with van der Waals surface area (Å²) >= 11 is 0. The molecule has 0 amide bonds. The highest BCUT2D eigenvalue weighted by Crippen LogP contribution is 2.52. The van der Waals surface area contributed by atoms with E-state index in [2.05, 4.69) is 0 Å².